The zero-order valence-corrected chi connectivity index (χ0v) is 17.1. The lowest BCUT2D eigenvalue weighted by Crippen LogP contribution is -2.48. The number of carbonyl (C=O) groups excluding carboxylic acids is 2. The highest BCUT2D eigenvalue weighted by atomic mass is 16.5. The number of ether oxygens (including phenoxy) is 1. The summed E-state index contributed by atoms with van der Waals surface area (Å²) in [6, 6.07) is 0. The summed E-state index contributed by atoms with van der Waals surface area (Å²) in [4.78, 5) is 28.4. The van der Waals surface area contributed by atoms with E-state index in [-0.39, 0.29) is 28.6 Å². The van der Waals surface area contributed by atoms with E-state index in [9.17, 15) is 9.59 Å². The summed E-state index contributed by atoms with van der Waals surface area (Å²) < 4.78 is 5.64. The lowest BCUT2D eigenvalue weighted by atomic mass is 9.59. The zero-order chi connectivity index (χ0) is 19.2. The van der Waals surface area contributed by atoms with Crippen LogP contribution in [-0.4, -0.2) is 29.9 Å². The van der Waals surface area contributed by atoms with E-state index in [0.717, 1.165) is 18.5 Å². The van der Waals surface area contributed by atoms with Crippen LogP contribution in [0.1, 0.15) is 67.7 Å². The molecule has 0 saturated carbocycles. The first kappa shape index (κ1) is 20.0. The predicted molar refractivity (Wildman–Crippen MR) is 99.7 cm³/mol. The van der Waals surface area contributed by atoms with Crippen LogP contribution < -0.4 is 0 Å². The minimum Gasteiger partial charge on any atom is -0.465 e. The summed E-state index contributed by atoms with van der Waals surface area (Å²) in [5.74, 6) is -0.648. The van der Waals surface area contributed by atoms with Crippen molar-refractivity contribution in [2.75, 3.05) is 13.2 Å². The van der Waals surface area contributed by atoms with Crippen molar-refractivity contribution in [2.45, 2.75) is 67.7 Å². The fourth-order valence-corrected chi connectivity index (χ4v) is 4.82. The first-order valence-corrected chi connectivity index (χ1v) is 9.46. The zero-order valence-electron chi connectivity index (χ0n) is 17.1. The summed E-state index contributed by atoms with van der Waals surface area (Å²) in [6.45, 7) is 20.1. The summed E-state index contributed by atoms with van der Waals surface area (Å²) in [7, 11) is 0. The Bertz CT molecular complexity index is 567. The van der Waals surface area contributed by atoms with Crippen LogP contribution >= 0.6 is 0 Å². The maximum absolute atomic E-state index is 13.4. The lowest BCUT2D eigenvalue weighted by Gasteiger charge is -2.42. The molecule has 2 aliphatic rings. The average molecular weight is 350 g/mol. The Morgan fingerprint density at radius 3 is 2.28 bits per heavy atom. The number of rotatable bonds is 1. The van der Waals surface area contributed by atoms with Gasteiger partial charge in [0, 0.05) is 18.2 Å². The summed E-state index contributed by atoms with van der Waals surface area (Å²) in [5, 5.41) is 0. The first-order chi connectivity index (χ1) is 11.3. The van der Waals surface area contributed by atoms with Crippen LogP contribution in [0, 0.1) is 28.1 Å². The third kappa shape index (κ3) is 3.78. The second-order valence-electron chi connectivity index (χ2n) is 10.3. The van der Waals surface area contributed by atoms with E-state index < -0.39 is 11.3 Å². The fourth-order valence-electron chi connectivity index (χ4n) is 4.82. The van der Waals surface area contributed by atoms with E-state index >= 15 is 0 Å². The molecule has 3 unspecified atom stereocenters. The molecule has 4 heteroatoms. The molecule has 0 aromatic carbocycles. The largest absolute Gasteiger partial charge is 0.465 e. The molecular formula is C21H35NO3. The van der Waals surface area contributed by atoms with E-state index in [2.05, 4.69) is 48.1 Å². The first-order valence-electron chi connectivity index (χ1n) is 9.46. The Hall–Kier alpha value is -1.32. The number of cyclic esters (lactones) is 1. The van der Waals surface area contributed by atoms with Gasteiger partial charge in [-0.15, -0.1) is 0 Å². The second-order valence-corrected chi connectivity index (χ2v) is 10.3. The van der Waals surface area contributed by atoms with E-state index in [1.165, 1.54) is 0 Å². The Labute approximate surface area is 153 Å². The van der Waals surface area contributed by atoms with E-state index in [1.54, 1.807) is 0 Å². The van der Waals surface area contributed by atoms with Crippen LogP contribution in [0.15, 0.2) is 12.3 Å². The van der Waals surface area contributed by atoms with Crippen molar-refractivity contribution < 1.29 is 14.3 Å². The molecule has 0 aromatic rings. The van der Waals surface area contributed by atoms with Crippen molar-refractivity contribution in [3.05, 3.63) is 12.3 Å². The highest BCUT2D eigenvalue weighted by Gasteiger charge is 2.60. The van der Waals surface area contributed by atoms with Crippen LogP contribution in [0.5, 0.6) is 0 Å². The van der Waals surface area contributed by atoms with Crippen LogP contribution in [0.4, 0.5) is 0 Å². The van der Waals surface area contributed by atoms with E-state index in [4.69, 9.17) is 4.74 Å². The molecule has 2 bridgehead atoms. The van der Waals surface area contributed by atoms with Gasteiger partial charge in [-0.3, -0.25) is 9.59 Å². The Balaban J connectivity index is 2.62. The summed E-state index contributed by atoms with van der Waals surface area (Å²) in [6.07, 6.45) is 2.22. The van der Waals surface area contributed by atoms with Gasteiger partial charge in [0.25, 0.3) is 0 Å². The van der Waals surface area contributed by atoms with Crippen molar-refractivity contribution >= 4 is 11.9 Å². The maximum atomic E-state index is 13.4. The van der Waals surface area contributed by atoms with Crippen LogP contribution in [0.3, 0.4) is 0 Å². The van der Waals surface area contributed by atoms with Gasteiger partial charge in [0.2, 0.25) is 5.91 Å². The molecule has 2 aliphatic heterocycles. The van der Waals surface area contributed by atoms with Crippen LogP contribution in [-0.2, 0) is 14.3 Å². The number of fused-ring (bicyclic) bond motifs is 2. The van der Waals surface area contributed by atoms with Gasteiger partial charge in [-0.2, -0.15) is 0 Å². The molecule has 2 rings (SSSR count). The maximum Gasteiger partial charge on any atom is 0.312 e. The topological polar surface area (TPSA) is 46.6 Å². The standard InChI is InChI=1S/C21H35NO3/c1-14-15(20(5,6)7)16-17(23)22(14)11-9-10-12-25-18(24)21(16,8)13-19(2,3)4/h15-16H,1,9-13H2,2-8H3. The Morgan fingerprint density at radius 2 is 1.76 bits per heavy atom. The van der Waals surface area contributed by atoms with Gasteiger partial charge in [-0.05, 0) is 37.0 Å². The van der Waals surface area contributed by atoms with Gasteiger partial charge in [-0.1, -0.05) is 48.1 Å². The van der Waals surface area contributed by atoms with Gasteiger partial charge in [-0.25, -0.2) is 0 Å². The van der Waals surface area contributed by atoms with Crippen molar-refractivity contribution in [1.82, 2.24) is 4.90 Å². The molecular weight excluding hydrogens is 314 g/mol. The Kier molecular flexibility index (Phi) is 5.15. The predicted octanol–water partition coefficient (Wildman–Crippen LogP) is 4.40. The number of nitrogens with zero attached hydrogens (tertiary/aromatic N) is 1. The molecule has 0 N–H and O–H groups in total. The van der Waals surface area contributed by atoms with Crippen molar-refractivity contribution in [2.24, 2.45) is 28.1 Å². The molecule has 2 heterocycles. The van der Waals surface area contributed by atoms with Gasteiger partial charge in [0.05, 0.1) is 17.9 Å². The van der Waals surface area contributed by atoms with E-state index in [0.29, 0.717) is 19.6 Å². The molecule has 0 aliphatic carbocycles. The van der Waals surface area contributed by atoms with Crippen molar-refractivity contribution in [3.63, 3.8) is 0 Å². The van der Waals surface area contributed by atoms with Gasteiger partial charge < -0.3 is 9.64 Å². The number of esters is 1. The molecule has 2 fully saturated rings. The molecule has 3 atom stereocenters. The van der Waals surface area contributed by atoms with Gasteiger partial charge >= 0.3 is 5.97 Å². The normalized spacial score (nSPS) is 32.0. The number of carbonyl (C=O) groups is 2. The minimum atomic E-state index is -0.845. The third-order valence-corrected chi connectivity index (χ3v) is 5.56. The average Bonchev–Trinajstić information content (AvgIpc) is 2.67. The van der Waals surface area contributed by atoms with Crippen molar-refractivity contribution in [1.29, 1.82) is 0 Å². The quantitative estimate of drug-likeness (QED) is 0.659. The molecule has 1 amide bonds. The second kappa shape index (κ2) is 6.44. The smallest absolute Gasteiger partial charge is 0.312 e. The monoisotopic (exact) mass is 349 g/mol. The molecule has 0 radical (unpaired) electrons. The lowest BCUT2D eigenvalue weighted by molar-refractivity contribution is -0.167. The van der Waals surface area contributed by atoms with Crippen LogP contribution in [0.2, 0.25) is 0 Å². The van der Waals surface area contributed by atoms with Gasteiger partial charge in [0.1, 0.15) is 0 Å². The number of hydrogen-bond acceptors (Lipinski definition) is 3. The Morgan fingerprint density at radius 1 is 1.16 bits per heavy atom. The highest BCUT2D eigenvalue weighted by Crippen LogP contribution is 2.55. The fraction of sp³-hybridized carbons (Fsp3) is 0.810. The van der Waals surface area contributed by atoms with Gasteiger partial charge in [0.15, 0.2) is 0 Å². The third-order valence-electron chi connectivity index (χ3n) is 5.56. The highest BCUT2D eigenvalue weighted by molar-refractivity contribution is 5.91. The van der Waals surface area contributed by atoms with Crippen molar-refractivity contribution in [3.8, 4) is 0 Å². The molecule has 142 valence electrons. The SMILES string of the molecule is C=C1C(C(C)(C)C)C2C(=O)N1CCCCOC(=O)C2(C)CC(C)(C)C. The molecule has 25 heavy (non-hydrogen) atoms. The summed E-state index contributed by atoms with van der Waals surface area (Å²) in [5.41, 5.74) is -0.213. The molecule has 4 nitrogen and oxygen atoms in total. The number of hydrogen-bond donors (Lipinski definition) is 0. The number of allylic oxidation sites excluding steroid dienone is 1. The van der Waals surface area contributed by atoms with E-state index in [1.807, 2.05) is 11.8 Å². The van der Waals surface area contributed by atoms with Crippen LogP contribution in [0.25, 0.3) is 0 Å². The minimum absolute atomic E-state index is 0.0514. The molecule has 0 spiro atoms. The number of amides is 1. The summed E-state index contributed by atoms with van der Waals surface area (Å²) >= 11 is 0. The molecule has 0 aromatic heterocycles. The molecule has 2 saturated heterocycles.